The van der Waals surface area contributed by atoms with E-state index in [1.807, 2.05) is 6.07 Å². The van der Waals surface area contributed by atoms with E-state index in [0.717, 1.165) is 0 Å². The molecule has 3 rings (SSSR count). The molecule has 0 aliphatic heterocycles. The number of hydrogen-bond donors (Lipinski definition) is 3. The van der Waals surface area contributed by atoms with E-state index >= 15 is 0 Å². The summed E-state index contributed by atoms with van der Waals surface area (Å²) >= 11 is 0. The van der Waals surface area contributed by atoms with Gasteiger partial charge in [-0.05, 0) is 54.6 Å². The van der Waals surface area contributed by atoms with Crippen molar-refractivity contribution in [2.45, 2.75) is 6.18 Å². The Hall–Kier alpha value is -4.52. The molecule has 0 unspecified atom stereocenters. The largest absolute Gasteiger partial charge is 0.483 e. The first-order valence-electron chi connectivity index (χ1n) is 9.52. The molecule has 0 saturated carbocycles. The molecular formula is C23H17F3N4O3. The number of urea groups is 1. The van der Waals surface area contributed by atoms with Gasteiger partial charge in [-0.2, -0.15) is 18.4 Å². The number of amides is 3. The van der Waals surface area contributed by atoms with Crippen molar-refractivity contribution in [3.8, 4) is 11.8 Å². The lowest BCUT2D eigenvalue weighted by molar-refractivity contribution is -0.153. The molecule has 0 spiro atoms. The Kier molecular flexibility index (Phi) is 7.15. The topological polar surface area (TPSA) is 103 Å². The number of halogens is 3. The fourth-order valence-corrected chi connectivity index (χ4v) is 2.70. The zero-order chi connectivity index (χ0) is 23.8. The van der Waals surface area contributed by atoms with Crippen LogP contribution in [0, 0.1) is 11.3 Å². The maximum absolute atomic E-state index is 12.5. The van der Waals surface area contributed by atoms with Crippen LogP contribution in [0.15, 0.2) is 72.8 Å². The van der Waals surface area contributed by atoms with Crippen molar-refractivity contribution in [3.63, 3.8) is 0 Å². The highest BCUT2D eigenvalue weighted by molar-refractivity contribution is 6.05. The summed E-state index contributed by atoms with van der Waals surface area (Å²) in [5, 5.41) is 17.0. The monoisotopic (exact) mass is 454 g/mol. The van der Waals surface area contributed by atoms with Gasteiger partial charge in [0.05, 0.1) is 5.56 Å². The van der Waals surface area contributed by atoms with Gasteiger partial charge >= 0.3 is 12.2 Å². The minimum absolute atomic E-state index is 0.152. The van der Waals surface area contributed by atoms with E-state index in [9.17, 15) is 22.8 Å². The number of nitrogens with zero attached hydrogens (tertiary/aromatic N) is 1. The average molecular weight is 454 g/mol. The summed E-state index contributed by atoms with van der Waals surface area (Å²) in [5.41, 5.74) is 1.40. The van der Waals surface area contributed by atoms with Crippen molar-refractivity contribution < 1.29 is 27.5 Å². The molecule has 0 atom stereocenters. The van der Waals surface area contributed by atoms with Gasteiger partial charge in [0.1, 0.15) is 11.8 Å². The Morgan fingerprint density at radius 3 is 2.06 bits per heavy atom. The molecule has 3 N–H and O–H groups in total. The lowest BCUT2D eigenvalue weighted by atomic mass is 10.1. The highest BCUT2D eigenvalue weighted by Gasteiger charge is 2.28. The molecule has 0 aliphatic rings. The standard InChI is InChI=1S/C23H17F3N4O3/c24-23(25,26)14-33-20-11-10-19(12-16(20)13-27)28-21(31)15-6-8-18(9-7-15)30-22(32)29-17-4-2-1-3-5-17/h1-12H,14H2,(H,28,31)(H2,29,30,32). The fraction of sp³-hybridized carbons (Fsp3) is 0.0870. The predicted molar refractivity (Wildman–Crippen MR) is 116 cm³/mol. The lowest BCUT2D eigenvalue weighted by Crippen LogP contribution is -2.19. The second kappa shape index (κ2) is 10.2. The zero-order valence-corrected chi connectivity index (χ0v) is 16.9. The minimum Gasteiger partial charge on any atom is -0.483 e. The minimum atomic E-state index is -4.54. The van der Waals surface area contributed by atoms with Crippen LogP contribution in [0.3, 0.4) is 0 Å². The van der Waals surface area contributed by atoms with E-state index in [1.54, 1.807) is 30.3 Å². The Bertz CT molecular complexity index is 1170. The molecule has 0 saturated heterocycles. The molecule has 0 bridgehead atoms. The van der Waals surface area contributed by atoms with Crippen molar-refractivity contribution in [2.24, 2.45) is 0 Å². The number of alkyl halides is 3. The van der Waals surface area contributed by atoms with Crippen LogP contribution < -0.4 is 20.7 Å². The van der Waals surface area contributed by atoms with Gasteiger partial charge in [0.15, 0.2) is 6.61 Å². The number of para-hydroxylation sites is 1. The van der Waals surface area contributed by atoms with Crippen molar-refractivity contribution in [1.29, 1.82) is 5.26 Å². The van der Waals surface area contributed by atoms with Crippen LogP contribution in [0.1, 0.15) is 15.9 Å². The van der Waals surface area contributed by atoms with E-state index in [4.69, 9.17) is 5.26 Å². The molecule has 7 nitrogen and oxygen atoms in total. The van der Waals surface area contributed by atoms with E-state index in [1.165, 1.54) is 42.5 Å². The third-order valence-electron chi connectivity index (χ3n) is 4.19. The predicted octanol–water partition coefficient (Wildman–Crippen LogP) is 5.40. The van der Waals surface area contributed by atoms with Crippen molar-refractivity contribution in [2.75, 3.05) is 22.6 Å². The molecule has 0 fully saturated rings. The second-order valence-electron chi connectivity index (χ2n) is 6.70. The van der Waals surface area contributed by atoms with E-state index in [0.29, 0.717) is 11.4 Å². The number of nitrogens with one attached hydrogen (secondary N) is 3. The van der Waals surface area contributed by atoms with Crippen LogP contribution >= 0.6 is 0 Å². The van der Waals surface area contributed by atoms with Gasteiger partial charge in [0.2, 0.25) is 0 Å². The maximum atomic E-state index is 12.5. The Balaban J connectivity index is 1.60. The Morgan fingerprint density at radius 1 is 0.848 bits per heavy atom. The fourth-order valence-electron chi connectivity index (χ4n) is 2.70. The van der Waals surface area contributed by atoms with Gasteiger partial charge in [-0.1, -0.05) is 18.2 Å². The molecule has 3 aromatic rings. The normalized spacial score (nSPS) is 10.6. The van der Waals surface area contributed by atoms with Crippen LogP contribution in [0.25, 0.3) is 0 Å². The number of hydrogen-bond acceptors (Lipinski definition) is 4. The molecule has 3 aromatic carbocycles. The van der Waals surface area contributed by atoms with Gasteiger partial charge in [0.25, 0.3) is 5.91 Å². The lowest BCUT2D eigenvalue weighted by Gasteiger charge is -2.12. The number of anilines is 3. The van der Waals surface area contributed by atoms with Gasteiger partial charge < -0.3 is 20.7 Å². The summed E-state index contributed by atoms with van der Waals surface area (Å²) in [5.74, 6) is -0.750. The molecule has 0 radical (unpaired) electrons. The quantitative estimate of drug-likeness (QED) is 0.464. The van der Waals surface area contributed by atoms with Crippen molar-refractivity contribution in [1.82, 2.24) is 0 Å². The van der Waals surface area contributed by atoms with E-state index < -0.39 is 24.7 Å². The van der Waals surface area contributed by atoms with Crippen LogP contribution in [-0.4, -0.2) is 24.7 Å². The van der Waals surface area contributed by atoms with Crippen molar-refractivity contribution >= 4 is 29.0 Å². The number of carbonyl (C=O) groups excluding carboxylic acids is 2. The average Bonchev–Trinajstić information content (AvgIpc) is 2.78. The third-order valence-corrected chi connectivity index (χ3v) is 4.19. The third kappa shape index (κ3) is 7.00. The summed E-state index contributed by atoms with van der Waals surface area (Å²) < 4.78 is 41.6. The maximum Gasteiger partial charge on any atom is 0.422 e. The Morgan fingerprint density at radius 2 is 1.45 bits per heavy atom. The molecule has 3 amide bonds. The molecule has 0 aliphatic carbocycles. The zero-order valence-electron chi connectivity index (χ0n) is 16.9. The smallest absolute Gasteiger partial charge is 0.422 e. The molecule has 33 heavy (non-hydrogen) atoms. The van der Waals surface area contributed by atoms with Crippen LogP contribution in [0.2, 0.25) is 0 Å². The number of rotatable bonds is 6. The summed E-state index contributed by atoms with van der Waals surface area (Å²) in [4.78, 5) is 24.5. The summed E-state index contributed by atoms with van der Waals surface area (Å²) in [6.45, 7) is -1.53. The first-order valence-corrected chi connectivity index (χ1v) is 9.52. The van der Waals surface area contributed by atoms with Crippen LogP contribution in [0.4, 0.5) is 35.0 Å². The van der Waals surface area contributed by atoms with Crippen LogP contribution in [-0.2, 0) is 0 Å². The summed E-state index contributed by atoms with van der Waals surface area (Å²) in [6.07, 6.45) is -4.54. The number of nitriles is 1. The van der Waals surface area contributed by atoms with Gasteiger partial charge in [-0.15, -0.1) is 0 Å². The van der Waals surface area contributed by atoms with Crippen molar-refractivity contribution in [3.05, 3.63) is 83.9 Å². The van der Waals surface area contributed by atoms with E-state index in [-0.39, 0.29) is 22.6 Å². The summed E-state index contributed by atoms with van der Waals surface area (Å²) in [7, 11) is 0. The Labute approximate surface area is 186 Å². The van der Waals surface area contributed by atoms with Crippen LogP contribution in [0.5, 0.6) is 5.75 Å². The summed E-state index contributed by atoms with van der Waals surface area (Å²) in [6, 6.07) is 19.9. The van der Waals surface area contributed by atoms with Gasteiger partial charge in [-0.25, -0.2) is 4.79 Å². The van der Waals surface area contributed by atoms with Gasteiger partial charge in [0, 0.05) is 22.6 Å². The number of ether oxygens (including phenoxy) is 1. The highest BCUT2D eigenvalue weighted by atomic mass is 19.4. The molecule has 0 aromatic heterocycles. The van der Waals surface area contributed by atoms with Gasteiger partial charge in [-0.3, -0.25) is 4.79 Å². The number of benzene rings is 3. The first-order chi connectivity index (χ1) is 15.7. The molecule has 10 heteroatoms. The van der Waals surface area contributed by atoms with E-state index in [2.05, 4.69) is 20.7 Å². The molecule has 168 valence electrons. The first kappa shape index (κ1) is 23.1. The number of carbonyl (C=O) groups is 2. The second-order valence-corrected chi connectivity index (χ2v) is 6.70. The molecule has 0 heterocycles. The molecular weight excluding hydrogens is 437 g/mol. The SMILES string of the molecule is N#Cc1cc(NC(=O)c2ccc(NC(=O)Nc3ccccc3)cc2)ccc1OCC(F)(F)F. The highest BCUT2D eigenvalue weighted by Crippen LogP contribution is 2.25.